The van der Waals surface area contributed by atoms with Crippen molar-refractivity contribution in [2.75, 3.05) is 0 Å². The van der Waals surface area contributed by atoms with Crippen LogP contribution < -0.4 is 0 Å². The third kappa shape index (κ3) is 9.52. The van der Waals surface area contributed by atoms with Crippen molar-refractivity contribution in [2.45, 2.75) is 97.3 Å². The van der Waals surface area contributed by atoms with Gasteiger partial charge in [-0.15, -0.1) is 0 Å². The number of unbranched alkanes of at least 4 members (excludes halogenated alkanes) is 4. The lowest BCUT2D eigenvalue weighted by Gasteiger charge is -2.28. The summed E-state index contributed by atoms with van der Waals surface area (Å²) in [5, 5.41) is 0. The number of benzene rings is 2. The van der Waals surface area contributed by atoms with Gasteiger partial charge in [0.15, 0.2) is 0 Å². The van der Waals surface area contributed by atoms with Crippen LogP contribution in [0, 0.1) is 35.5 Å². The molecule has 0 heterocycles. The van der Waals surface area contributed by atoms with Gasteiger partial charge in [-0.25, -0.2) is 0 Å². The molecule has 0 spiro atoms. The minimum atomic E-state index is 0.936. The second-order valence-electron chi connectivity index (χ2n) is 9.85. The third-order valence-electron chi connectivity index (χ3n) is 7.08. The summed E-state index contributed by atoms with van der Waals surface area (Å²) in [5.74, 6) is 15.1. The Bertz CT molecular complexity index is 916. The predicted molar refractivity (Wildman–Crippen MR) is 143 cm³/mol. The maximum Gasteiger partial charge on any atom is 0.0249 e. The first-order chi connectivity index (χ1) is 16.3. The zero-order valence-corrected chi connectivity index (χ0v) is 21.0. The molecule has 1 aliphatic carbocycles. The molecule has 1 saturated carbocycles. The SMILES string of the molecule is CCCCCCC#Cc1ccc(C#Cc2ccc(CCC3CCC(CCC)CC3)cc2)cc1. The van der Waals surface area contributed by atoms with E-state index in [1.807, 2.05) is 0 Å². The standard InChI is InChI=1S/C33H42/c1-3-5-6-7-8-9-11-29-14-18-31(19-15-29)21-23-33-26-24-32(25-27-33)22-20-30-16-12-28(10-4-2)13-17-30/h14-15,18-19,24-28,30H,3-8,10,12-13,16-17,20,22H2,1-2H3. The van der Waals surface area contributed by atoms with Crippen LogP contribution in [-0.2, 0) is 6.42 Å². The van der Waals surface area contributed by atoms with Gasteiger partial charge in [0.1, 0.15) is 0 Å². The minimum Gasteiger partial charge on any atom is -0.0979 e. The maximum atomic E-state index is 3.32. The van der Waals surface area contributed by atoms with Gasteiger partial charge in [0.05, 0.1) is 0 Å². The lowest BCUT2D eigenvalue weighted by atomic mass is 9.78. The molecule has 0 saturated heterocycles. The average molecular weight is 439 g/mol. The van der Waals surface area contributed by atoms with Crippen LogP contribution in [0.3, 0.4) is 0 Å². The summed E-state index contributed by atoms with van der Waals surface area (Å²) in [4.78, 5) is 0. The second-order valence-corrected chi connectivity index (χ2v) is 9.85. The zero-order chi connectivity index (χ0) is 23.1. The smallest absolute Gasteiger partial charge is 0.0249 e. The normalized spacial score (nSPS) is 17.5. The van der Waals surface area contributed by atoms with E-state index in [-0.39, 0.29) is 0 Å². The predicted octanol–water partition coefficient (Wildman–Crippen LogP) is 8.95. The fourth-order valence-corrected chi connectivity index (χ4v) is 4.93. The molecule has 2 aromatic carbocycles. The molecule has 1 fully saturated rings. The summed E-state index contributed by atoms with van der Waals surface area (Å²) >= 11 is 0. The van der Waals surface area contributed by atoms with Crippen LogP contribution in [0.1, 0.15) is 113 Å². The molecule has 3 rings (SSSR count). The summed E-state index contributed by atoms with van der Waals surface area (Å²) in [6, 6.07) is 17.2. The molecule has 2 aromatic rings. The Morgan fingerprint density at radius 2 is 1.15 bits per heavy atom. The molecule has 0 bridgehead atoms. The number of rotatable bonds is 9. The molecular formula is C33H42. The maximum absolute atomic E-state index is 3.32. The van der Waals surface area contributed by atoms with E-state index in [2.05, 4.69) is 86.1 Å². The summed E-state index contributed by atoms with van der Waals surface area (Å²) in [6.07, 6.45) is 17.2. The zero-order valence-electron chi connectivity index (χ0n) is 21.0. The van der Waals surface area contributed by atoms with E-state index in [9.17, 15) is 0 Å². The monoisotopic (exact) mass is 438 g/mol. The molecule has 0 radical (unpaired) electrons. The highest BCUT2D eigenvalue weighted by atomic mass is 14.3. The van der Waals surface area contributed by atoms with Crippen molar-refractivity contribution in [3.63, 3.8) is 0 Å². The van der Waals surface area contributed by atoms with Crippen molar-refractivity contribution < 1.29 is 0 Å². The van der Waals surface area contributed by atoms with Crippen molar-refractivity contribution in [2.24, 2.45) is 11.8 Å². The summed E-state index contributed by atoms with van der Waals surface area (Å²) in [7, 11) is 0. The van der Waals surface area contributed by atoms with E-state index >= 15 is 0 Å². The van der Waals surface area contributed by atoms with Gasteiger partial charge in [-0.1, -0.05) is 107 Å². The van der Waals surface area contributed by atoms with Crippen LogP contribution in [0.2, 0.25) is 0 Å². The van der Waals surface area contributed by atoms with Crippen LogP contribution in [-0.4, -0.2) is 0 Å². The van der Waals surface area contributed by atoms with Crippen molar-refractivity contribution >= 4 is 0 Å². The summed E-state index contributed by atoms with van der Waals surface area (Å²) < 4.78 is 0. The Balaban J connectivity index is 1.42. The first-order valence-electron chi connectivity index (χ1n) is 13.5. The fourth-order valence-electron chi connectivity index (χ4n) is 4.93. The van der Waals surface area contributed by atoms with E-state index in [1.165, 1.54) is 82.6 Å². The van der Waals surface area contributed by atoms with Crippen LogP contribution in [0.25, 0.3) is 0 Å². The van der Waals surface area contributed by atoms with E-state index in [0.29, 0.717) is 0 Å². The van der Waals surface area contributed by atoms with Gasteiger partial charge in [-0.3, -0.25) is 0 Å². The van der Waals surface area contributed by atoms with Crippen molar-refractivity contribution in [3.05, 3.63) is 70.8 Å². The molecule has 0 N–H and O–H groups in total. The van der Waals surface area contributed by atoms with Crippen molar-refractivity contribution in [1.82, 2.24) is 0 Å². The molecule has 0 nitrogen and oxygen atoms in total. The summed E-state index contributed by atoms with van der Waals surface area (Å²) in [6.45, 7) is 4.56. The molecule has 0 amide bonds. The molecule has 0 unspecified atom stereocenters. The lowest BCUT2D eigenvalue weighted by molar-refractivity contribution is 0.252. The summed E-state index contributed by atoms with van der Waals surface area (Å²) in [5.41, 5.74) is 4.68. The molecule has 0 aliphatic heterocycles. The Morgan fingerprint density at radius 1 is 0.606 bits per heavy atom. The molecule has 174 valence electrons. The van der Waals surface area contributed by atoms with E-state index in [1.54, 1.807) is 0 Å². The second kappa shape index (κ2) is 14.7. The fraction of sp³-hybridized carbons (Fsp3) is 0.515. The van der Waals surface area contributed by atoms with E-state index in [0.717, 1.165) is 34.9 Å². The molecule has 0 heteroatoms. The number of aryl methyl sites for hydroxylation is 1. The average Bonchev–Trinajstić information content (AvgIpc) is 2.86. The minimum absolute atomic E-state index is 0.936. The molecule has 0 aromatic heterocycles. The lowest BCUT2D eigenvalue weighted by Crippen LogP contribution is -2.15. The van der Waals surface area contributed by atoms with Gasteiger partial charge < -0.3 is 0 Å². The first-order valence-corrected chi connectivity index (χ1v) is 13.5. The van der Waals surface area contributed by atoms with Crippen LogP contribution in [0.5, 0.6) is 0 Å². The van der Waals surface area contributed by atoms with Crippen LogP contribution in [0.15, 0.2) is 48.5 Å². The Kier molecular flexibility index (Phi) is 11.2. The van der Waals surface area contributed by atoms with Gasteiger partial charge in [-0.05, 0) is 73.1 Å². The van der Waals surface area contributed by atoms with Gasteiger partial charge in [0, 0.05) is 23.1 Å². The molecule has 0 atom stereocenters. The van der Waals surface area contributed by atoms with Gasteiger partial charge in [-0.2, -0.15) is 0 Å². The molecular weight excluding hydrogens is 396 g/mol. The number of hydrogen-bond acceptors (Lipinski definition) is 0. The Labute approximate surface area is 203 Å². The molecule has 33 heavy (non-hydrogen) atoms. The van der Waals surface area contributed by atoms with Crippen molar-refractivity contribution in [1.29, 1.82) is 0 Å². The van der Waals surface area contributed by atoms with Gasteiger partial charge >= 0.3 is 0 Å². The van der Waals surface area contributed by atoms with Gasteiger partial charge in [0.25, 0.3) is 0 Å². The Morgan fingerprint density at radius 3 is 1.73 bits per heavy atom. The first kappa shape index (κ1) is 25.2. The highest BCUT2D eigenvalue weighted by Gasteiger charge is 2.20. The van der Waals surface area contributed by atoms with Crippen LogP contribution in [0.4, 0.5) is 0 Å². The molecule has 1 aliphatic rings. The highest BCUT2D eigenvalue weighted by molar-refractivity contribution is 5.46. The topological polar surface area (TPSA) is 0 Å². The van der Waals surface area contributed by atoms with Crippen LogP contribution >= 0.6 is 0 Å². The number of hydrogen-bond donors (Lipinski definition) is 0. The largest absolute Gasteiger partial charge is 0.0979 e. The third-order valence-corrected chi connectivity index (χ3v) is 7.08. The Hall–Kier alpha value is -2.44. The quantitative estimate of drug-likeness (QED) is 0.271. The highest BCUT2D eigenvalue weighted by Crippen LogP contribution is 2.33. The van der Waals surface area contributed by atoms with E-state index in [4.69, 9.17) is 0 Å². The van der Waals surface area contributed by atoms with Gasteiger partial charge in [0.2, 0.25) is 0 Å². The van der Waals surface area contributed by atoms with Crippen molar-refractivity contribution in [3.8, 4) is 23.7 Å². The van der Waals surface area contributed by atoms with E-state index < -0.39 is 0 Å².